The van der Waals surface area contributed by atoms with E-state index in [1.807, 2.05) is 24.3 Å². The number of imidazole rings is 1. The number of nitrogens with zero attached hydrogens (tertiary/aromatic N) is 2. The van der Waals surface area contributed by atoms with Gasteiger partial charge in [-0.25, -0.2) is 9.37 Å². The van der Waals surface area contributed by atoms with Crippen molar-refractivity contribution >= 4 is 33.3 Å². The number of aromatic amines is 2. The SMILES string of the molecule is O=c1[nH]c2cc(NCCO)c(F)cc2c(N[C@H]2CN3CCC2CC3)c1-c1nc2ccccc2[nH]1. The van der Waals surface area contributed by atoms with E-state index in [1.54, 1.807) is 6.07 Å². The molecule has 3 aliphatic heterocycles. The zero-order chi connectivity index (χ0) is 23.2. The molecule has 1 atom stereocenters. The molecule has 3 fully saturated rings. The van der Waals surface area contributed by atoms with Gasteiger partial charge in [-0.1, -0.05) is 12.1 Å². The number of rotatable bonds is 6. The summed E-state index contributed by atoms with van der Waals surface area (Å²) in [5.74, 6) is 0.523. The maximum Gasteiger partial charge on any atom is 0.261 e. The Balaban J connectivity index is 1.54. The third kappa shape index (κ3) is 3.61. The molecular weight excluding hydrogens is 435 g/mol. The summed E-state index contributed by atoms with van der Waals surface area (Å²) in [6.07, 6.45) is 2.23. The predicted octanol–water partition coefficient (Wildman–Crippen LogP) is 3.12. The number of pyridine rings is 1. The molecule has 7 rings (SSSR count). The number of halogens is 1. The van der Waals surface area contributed by atoms with Gasteiger partial charge < -0.3 is 30.6 Å². The molecule has 5 N–H and O–H groups in total. The zero-order valence-corrected chi connectivity index (χ0v) is 18.7. The van der Waals surface area contributed by atoms with E-state index in [2.05, 4.69) is 30.5 Å². The largest absolute Gasteiger partial charge is 0.395 e. The second kappa shape index (κ2) is 8.41. The van der Waals surface area contributed by atoms with Gasteiger partial charge in [-0.15, -0.1) is 0 Å². The van der Waals surface area contributed by atoms with Gasteiger partial charge >= 0.3 is 0 Å². The number of aliphatic hydroxyl groups excluding tert-OH is 1. The van der Waals surface area contributed by atoms with Gasteiger partial charge in [0, 0.05) is 24.5 Å². The lowest BCUT2D eigenvalue weighted by atomic mass is 9.83. The van der Waals surface area contributed by atoms with Crippen LogP contribution >= 0.6 is 0 Å². The Kier molecular flexibility index (Phi) is 5.23. The van der Waals surface area contributed by atoms with E-state index in [1.165, 1.54) is 6.07 Å². The molecule has 2 aromatic heterocycles. The lowest BCUT2D eigenvalue weighted by molar-refractivity contribution is 0.0976. The number of fused-ring (bicyclic) bond motifs is 5. The van der Waals surface area contributed by atoms with Crippen molar-refractivity contribution in [2.24, 2.45) is 5.92 Å². The molecular formula is C25H27FN6O2. The van der Waals surface area contributed by atoms with Crippen molar-refractivity contribution in [3.8, 4) is 11.4 Å². The van der Waals surface area contributed by atoms with Crippen LogP contribution in [0.4, 0.5) is 15.8 Å². The van der Waals surface area contributed by atoms with E-state index < -0.39 is 5.82 Å². The first-order valence-electron chi connectivity index (χ1n) is 11.8. The van der Waals surface area contributed by atoms with Gasteiger partial charge in [-0.3, -0.25) is 4.79 Å². The molecule has 5 heterocycles. The van der Waals surface area contributed by atoms with Crippen molar-refractivity contribution in [1.29, 1.82) is 0 Å². The van der Waals surface area contributed by atoms with E-state index in [0.717, 1.165) is 43.5 Å². The Morgan fingerprint density at radius 2 is 1.97 bits per heavy atom. The molecule has 0 unspecified atom stereocenters. The number of para-hydroxylation sites is 2. The number of nitrogens with one attached hydrogen (secondary N) is 4. The highest BCUT2D eigenvalue weighted by Crippen LogP contribution is 2.37. The number of hydrogen-bond donors (Lipinski definition) is 5. The van der Waals surface area contributed by atoms with E-state index in [0.29, 0.717) is 33.9 Å². The van der Waals surface area contributed by atoms with Crippen LogP contribution < -0.4 is 16.2 Å². The maximum absolute atomic E-state index is 15.1. The van der Waals surface area contributed by atoms with Crippen molar-refractivity contribution in [2.45, 2.75) is 18.9 Å². The standard InChI is InChI=1S/C25H27FN6O2/c26-16-11-15-19(12-20(16)27-7-10-33)31-25(34)22(24-29-17-3-1-2-4-18(17)30-24)23(15)28-21-13-32-8-5-14(21)6-9-32/h1-4,11-12,14,21,27,33H,5-10,13H2,(H,29,30)(H2,28,31,34)/t21-/m0/s1. The van der Waals surface area contributed by atoms with E-state index in [4.69, 9.17) is 5.11 Å². The molecule has 0 saturated carbocycles. The van der Waals surface area contributed by atoms with Crippen LogP contribution in [-0.4, -0.2) is 63.8 Å². The fraction of sp³-hybridized carbons (Fsp3) is 0.360. The van der Waals surface area contributed by atoms with Gasteiger partial charge in [0.15, 0.2) is 0 Å². The van der Waals surface area contributed by atoms with Crippen LogP contribution in [0.3, 0.4) is 0 Å². The van der Waals surface area contributed by atoms with Gasteiger partial charge in [-0.05, 0) is 56.1 Å². The minimum absolute atomic E-state index is 0.120. The summed E-state index contributed by atoms with van der Waals surface area (Å²) in [4.78, 5) is 26.7. The van der Waals surface area contributed by atoms with Crippen LogP contribution in [0.5, 0.6) is 0 Å². The molecule has 2 aromatic carbocycles. The average molecular weight is 463 g/mol. The first kappa shape index (κ1) is 21.1. The van der Waals surface area contributed by atoms with Crippen LogP contribution in [0, 0.1) is 11.7 Å². The summed E-state index contributed by atoms with van der Waals surface area (Å²) < 4.78 is 15.1. The Hall–Kier alpha value is -3.43. The number of H-pyrrole nitrogens is 2. The second-order valence-electron chi connectivity index (χ2n) is 9.22. The molecule has 0 aliphatic carbocycles. The smallest absolute Gasteiger partial charge is 0.261 e. The van der Waals surface area contributed by atoms with Crippen LogP contribution in [0.15, 0.2) is 41.2 Å². The Bertz CT molecular complexity index is 1390. The van der Waals surface area contributed by atoms with E-state index in [-0.39, 0.29) is 30.4 Å². The van der Waals surface area contributed by atoms with Crippen molar-refractivity contribution in [3.05, 3.63) is 52.6 Å². The summed E-state index contributed by atoms with van der Waals surface area (Å²) in [5.41, 5.74) is 3.05. The molecule has 3 aliphatic rings. The van der Waals surface area contributed by atoms with Gasteiger partial charge in [0.1, 0.15) is 17.2 Å². The Morgan fingerprint density at radius 3 is 2.71 bits per heavy atom. The molecule has 4 aromatic rings. The molecule has 2 bridgehead atoms. The summed E-state index contributed by atoms with van der Waals surface area (Å²) in [5, 5.41) is 16.2. The molecule has 9 heteroatoms. The first-order valence-corrected chi connectivity index (χ1v) is 11.8. The molecule has 3 saturated heterocycles. The lowest BCUT2D eigenvalue weighted by Crippen LogP contribution is -2.53. The van der Waals surface area contributed by atoms with Crippen molar-refractivity contribution in [2.75, 3.05) is 43.4 Å². The molecule has 34 heavy (non-hydrogen) atoms. The average Bonchev–Trinajstić information content (AvgIpc) is 3.28. The normalized spacial score (nSPS) is 21.9. The van der Waals surface area contributed by atoms with E-state index >= 15 is 4.39 Å². The molecule has 8 nitrogen and oxygen atoms in total. The minimum Gasteiger partial charge on any atom is -0.395 e. The van der Waals surface area contributed by atoms with Gasteiger partial charge in [0.25, 0.3) is 5.56 Å². The number of hydrogen-bond acceptors (Lipinski definition) is 6. The topological polar surface area (TPSA) is 109 Å². The van der Waals surface area contributed by atoms with Crippen LogP contribution in [0.25, 0.3) is 33.3 Å². The third-order valence-electron chi connectivity index (χ3n) is 7.14. The number of piperidine rings is 3. The molecule has 0 spiro atoms. The van der Waals surface area contributed by atoms with Crippen molar-refractivity contribution < 1.29 is 9.50 Å². The number of benzene rings is 2. The monoisotopic (exact) mass is 462 g/mol. The molecule has 176 valence electrons. The summed E-state index contributed by atoms with van der Waals surface area (Å²) in [6, 6.07) is 10.8. The summed E-state index contributed by atoms with van der Waals surface area (Å²) in [7, 11) is 0. The Labute approximate surface area is 195 Å². The van der Waals surface area contributed by atoms with Crippen molar-refractivity contribution in [3.63, 3.8) is 0 Å². The fourth-order valence-electron chi connectivity index (χ4n) is 5.40. The van der Waals surface area contributed by atoms with Crippen LogP contribution in [0.1, 0.15) is 12.8 Å². The van der Waals surface area contributed by atoms with Gasteiger partial charge in [0.2, 0.25) is 0 Å². The predicted molar refractivity (Wildman–Crippen MR) is 132 cm³/mol. The highest BCUT2D eigenvalue weighted by molar-refractivity contribution is 6.00. The first-order chi connectivity index (χ1) is 16.6. The highest BCUT2D eigenvalue weighted by Gasteiger charge is 2.35. The minimum atomic E-state index is -0.444. The van der Waals surface area contributed by atoms with Crippen LogP contribution in [0.2, 0.25) is 0 Å². The summed E-state index contributed by atoms with van der Waals surface area (Å²) >= 11 is 0. The second-order valence-corrected chi connectivity index (χ2v) is 9.22. The zero-order valence-electron chi connectivity index (χ0n) is 18.7. The maximum atomic E-state index is 15.1. The number of anilines is 2. The van der Waals surface area contributed by atoms with Crippen molar-refractivity contribution in [1.82, 2.24) is 19.9 Å². The summed E-state index contributed by atoms with van der Waals surface area (Å²) in [6.45, 7) is 3.20. The molecule has 0 amide bonds. The van der Waals surface area contributed by atoms with Gasteiger partial charge in [0.05, 0.1) is 34.5 Å². The van der Waals surface area contributed by atoms with Gasteiger partial charge in [-0.2, -0.15) is 0 Å². The Morgan fingerprint density at radius 1 is 1.15 bits per heavy atom. The van der Waals surface area contributed by atoms with E-state index in [9.17, 15) is 4.79 Å². The number of aromatic nitrogens is 3. The highest BCUT2D eigenvalue weighted by atomic mass is 19.1. The third-order valence-corrected chi connectivity index (χ3v) is 7.14. The number of aliphatic hydroxyl groups is 1. The van der Waals surface area contributed by atoms with Crippen LogP contribution in [-0.2, 0) is 0 Å². The fourth-order valence-corrected chi connectivity index (χ4v) is 5.40. The molecule has 0 radical (unpaired) electrons. The quantitative estimate of drug-likeness (QED) is 0.301. The lowest BCUT2D eigenvalue weighted by Gasteiger charge is -2.45.